The van der Waals surface area contributed by atoms with Crippen molar-refractivity contribution in [2.75, 3.05) is 5.33 Å². The molecule has 0 radical (unpaired) electrons. The predicted molar refractivity (Wildman–Crippen MR) is 95.3 cm³/mol. The fraction of sp³-hybridized carbons (Fsp3) is 0.105. The average molecular weight is 368 g/mol. The van der Waals surface area contributed by atoms with Crippen LogP contribution in [0.2, 0.25) is 0 Å². The number of ketones is 2. The predicted octanol–water partition coefficient (Wildman–Crippen LogP) is 4.68. The van der Waals surface area contributed by atoms with Crippen molar-refractivity contribution in [3.63, 3.8) is 0 Å². The lowest BCUT2D eigenvalue weighted by Gasteiger charge is -2.06. The van der Waals surface area contributed by atoms with Crippen molar-refractivity contribution in [2.24, 2.45) is 0 Å². The van der Waals surface area contributed by atoms with Gasteiger partial charge in [-0.25, -0.2) is 4.98 Å². The third kappa shape index (κ3) is 3.22. The maximum absolute atomic E-state index is 11.6. The Bertz CT molecular complexity index is 901. The van der Waals surface area contributed by atoms with Gasteiger partial charge in [0.05, 0.1) is 10.8 Å². The first-order valence-corrected chi connectivity index (χ1v) is 8.32. The number of aromatic nitrogens is 1. The molecule has 1 aromatic heterocycles. The third-order valence-electron chi connectivity index (χ3n) is 3.71. The smallest absolute Gasteiger partial charge is 0.178 e. The molecule has 2 aromatic carbocycles. The first-order chi connectivity index (χ1) is 11.1. The van der Waals surface area contributed by atoms with Gasteiger partial charge in [0, 0.05) is 17.9 Å². The zero-order valence-electron chi connectivity index (χ0n) is 12.5. The van der Waals surface area contributed by atoms with E-state index in [9.17, 15) is 9.59 Å². The monoisotopic (exact) mass is 367 g/mol. The van der Waals surface area contributed by atoms with E-state index in [1.165, 1.54) is 6.92 Å². The molecule has 3 nitrogen and oxygen atoms in total. The Morgan fingerprint density at radius 2 is 1.65 bits per heavy atom. The van der Waals surface area contributed by atoms with E-state index in [0.29, 0.717) is 16.6 Å². The molecular weight excluding hydrogens is 354 g/mol. The summed E-state index contributed by atoms with van der Waals surface area (Å²) in [5, 5.41) is 1.31. The van der Waals surface area contributed by atoms with Crippen molar-refractivity contribution >= 4 is 38.4 Å². The van der Waals surface area contributed by atoms with Gasteiger partial charge in [-0.1, -0.05) is 52.3 Å². The molecule has 0 aliphatic heterocycles. The number of carbonyl (C=O) groups excluding carboxylic acids is 2. The van der Waals surface area contributed by atoms with E-state index < -0.39 is 0 Å². The molecule has 0 fully saturated rings. The van der Waals surface area contributed by atoms with Crippen molar-refractivity contribution < 1.29 is 9.59 Å². The molecule has 0 saturated heterocycles. The van der Waals surface area contributed by atoms with Crippen LogP contribution in [0.1, 0.15) is 27.8 Å². The highest BCUT2D eigenvalue weighted by Gasteiger charge is 2.06. The Morgan fingerprint density at radius 3 is 2.30 bits per heavy atom. The second-order valence-corrected chi connectivity index (χ2v) is 5.86. The molecule has 23 heavy (non-hydrogen) atoms. The number of halogens is 1. The molecule has 0 N–H and O–H groups in total. The van der Waals surface area contributed by atoms with Crippen LogP contribution in [0.5, 0.6) is 0 Å². The Balaban J connectivity index is 1.98. The molecule has 0 unspecified atom stereocenters. The minimum Gasteiger partial charge on any atom is -0.293 e. The topological polar surface area (TPSA) is 47.0 Å². The molecule has 0 amide bonds. The van der Waals surface area contributed by atoms with Crippen molar-refractivity contribution in [3.05, 3.63) is 65.9 Å². The second kappa shape index (κ2) is 6.42. The normalized spacial score (nSPS) is 10.7. The van der Waals surface area contributed by atoms with Gasteiger partial charge in [0.15, 0.2) is 11.6 Å². The summed E-state index contributed by atoms with van der Waals surface area (Å²) in [6.45, 7) is 1.51. The van der Waals surface area contributed by atoms with E-state index >= 15 is 0 Å². The minimum atomic E-state index is -0.0389. The van der Waals surface area contributed by atoms with Crippen LogP contribution in [-0.4, -0.2) is 21.9 Å². The fourth-order valence-corrected chi connectivity index (χ4v) is 2.75. The van der Waals surface area contributed by atoms with Crippen LogP contribution in [-0.2, 0) is 0 Å². The van der Waals surface area contributed by atoms with Crippen LogP contribution < -0.4 is 0 Å². The second-order valence-electron chi connectivity index (χ2n) is 5.29. The molecule has 0 aliphatic rings. The van der Waals surface area contributed by atoms with E-state index in [-0.39, 0.29) is 11.6 Å². The molecular formula is C19H14BrNO2. The van der Waals surface area contributed by atoms with Gasteiger partial charge in [-0.3, -0.25) is 9.59 Å². The molecule has 3 aromatic rings. The minimum absolute atomic E-state index is 0.0389. The average Bonchev–Trinajstić information content (AvgIpc) is 2.60. The summed E-state index contributed by atoms with van der Waals surface area (Å²) in [5.74, 6) is 0.0269. The summed E-state index contributed by atoms with van der Waals surface area (Å²) >= 11 is 3.18. The highest BCUT2D eigenvalue weighted by atomic mass is 79.9. The SMILES string of the molecule is CC(=O)c1ccc2cc(-c3ccc(C(=O)CBr)cc3)ccc2n1. The Kier molecular flexibility index (Phi) is 4.35. The zero-order chi connectivity index (χ0) is 16.4. The van der Waals surface area contributed by atoms with Gasteiger partial charge in [0.2, 0.25) is 0 Å². The number of nitrogens with zero attached hydrogens (tertiary/aromatic N) is 1. The summed E-state index contributed by atoms with van der Waals surface area (Å²) < 4.78 is 0. The largest absolute Gasteiger partial charge is 0.293 e. The standard InChI is InChI=1S/C19H14BrNO2/c1-12(22)17-8-7-16-10-15(6-9-18(16)21-17)13-2-4-14(5-3-13)19(23)11-20/h2-10H,11H2,1H3. The molecule has 0 spiro atoms. The van der Waals surface area contributed by atoms with Crippen molar-refractivity contribution in [3.8, 4) is 11.1 Å². The summed E-state index contributed by atoms with van der Waals surface area (Å²) in [4.78, 5) is 27.4. The number of pyridine rings is 1. The summed E-state index contributed by atoms with van der Waals surface area (Å²) in [7, 11) is 0. The lowest BCUT2D eigenvalue weighted by molar-refractivity contribution is 0.100. The Labute approximate surface area is 142 Å². The lowest BCUT2D eigenvalue weighted by Crippen LogP contribution is -1.99. The van der Waals surface area contributed by atoms with Gasteiger partial charge in [0.25, 0.3) is 0 Å². The van der Waals surface area contributed by atoms with Crippen molar-refractivity contribution in [1.82, 2.24) is 4.98 Å². The van der Waals surface area contributed by atoms with E-state index in [1.807, 2.05) is 48.5 Å². The van der Waals surface area contributed by atoms with E-state index in [1.54, 1.807) is 6.07 Å². The number of hydrogen-bond acceptors (Lipinski definition) is 3. The van der Waals surface area contributed by atoms with Crippen LogP contribution >= 0.6 is 15.9 Å². The van der Waals surface area contributed by atoms with Crippen LogP contribution in [0.4, 0.5) is 0 Å². The van der Waals surface area contributed by atoms with Gasteiger partial charge < -0.3 is 0 Å². The zero-order valence-corrected chi connectivity index (χ0v) is 14.1. The molecule has 0 bridgehead atoms. The fourth-order valence-electron chi connectivity index (χ4n) is 2.43. The number of benzene rings is 2. The first-order valence-electron chi connectivity index (χ1n) is 7.20. The number of carbonyl (C=O) groups is 2. The Hall–Kier alpha value is -2.33. The quantitative estimate of drug-likeness (QED) is 0.496. The Morgan fingerprint density at radius 1 is 0.957 bits per heavy atom. The maximum Gasteiger partial charge on any atom is 0.178 e. The van der Waals surface area contributed by atoms with Crippen LogP contribution in [0.25, 0.3) is 22.0 Å². The number of fused-ring (bicyclic) bond motifs is 1. The maximum atomic E-state index is 11.6. The highest BCUT2D eigenvalue weighted by molar-refractivity contribution is 9.09. The number of alkyl halides is 1. The molecule has 0 aliphatic carbocycles. The van der Waals surface area contributed by atoms with E-state index in [4.69, 9.17) is 0 Å². The number of rotatable bonds is 4. The molecule has 0 saturated carbocycles. The number of hydrogen-bond donors (Lipinski definition) is 0. The van der Waals surface area contributed by atoms with Crippen LogP contribution in [0, 0.1) is 0 Å². The van der Waals surface area contributed by atoms with Crippen molar-refractivity contribution in [2.45, 2.75) is 6.92 Å². The summed E-state index contributed by atoms with van der Waals surface area (Å²) in [6, 6.07) is 17.1. The highest BCUT2D eigenvalue weighted by Crippen LogP contribution is 2.24. The number of Topliss-reactive ketones (excluding diaryl/α,β-unsaturated/α-hetero) is 2. The summed E-state index contributed by atoms with van der Waals surface area (Å²) in [5.41, 5.74) is 4.05. The molecule has 1 heterocycles. The lowest BCUT2D eigenvalue weighted by atomic mass is 10.0. The van der Waals surface area contributed by atoms with Gasteiger partial charge in [-0.15, -0.1) is 0 Å². The molecule has 3 rings (SSSR count). The van der Waals surface area contributed by atoms with Gasteiger partial charge in [-0.05, 0) is 29.3 Å². The third-order valence-corrected chi connectivity index (χ3v) is 4.22. The van der Waals surface area contributed by atoms with E-state index in [2.05, 4.69) is 20.9 Å². The van der Waals surface area contributed by atoms with Gasteiger partial charge in [-0.2, -0.15) is 0 Å². The molecule has 4 heteroatoms. The van der Waals surface area contributed by atoms with Gasteiger partial charge in [0.1, 0.15) is 5.69 Å². The summed E-state index contributed by atoms with van der Waals surface area (Å²) in [6.07, 6.45) is 0. The first kappa shape index (κ1) is 15.6. The van der Waals surface area contributed by atoms with Crippen LogP contribution in [0.3, 0.4) is 0 Å². The van der Waals surface area contributed by atoms with Gasteiger partial charge >= 0.3 is 0 Å². The van der Waals surface area contributed by atoms with Crippen molar-refractivity contribution in [1.29, 1.82) is 0 Å². The van der Waals surface area contributed by atoms with Crippen LogP contribution in [0.15, 0.2) is 54.6 Å². The van der Waals surface area contributed by atoms with E-state index in [0.717, 1.165) is 22.0 Å². The molecule has 114 valence electrons. The molecule has 0 atom stereocenters.